The molecule has 1 aliphatic rings. The topological polar surface area (TPSA) is 72.2 Å². The quantitative estimate of drug-likeness (QED) is 0.902. The van der Waals surface area contributed by atoms with E-state index in [0.717, 1.165) is 23.4 Å². The summed E-state index contributed by atoms with van der Waals surface area (Å²) in [6.07, 6.45) is 2.76. The zero-order valence-corrected chi connectivity index (χ0v) is 13.6. The average molecular weight is 310 g/mol. The first-order chi connectivity index (χ1) is 9.82. The summed E-state index contributed by atoms with van der Waals surface area (Å²) in [6, 6.07) is 0. The minimum Gasteiger partial charge on any atom is -0.481 e. The van der Waals surface area contributed by atoms with E-state index in [9.17, 15) is 9.59 Å². The van der Waals surface area contributed by atoms with Crippen LogP contribution >= 0.6 is 11.8 Å². The van der Waals surface area contributed by atoms with Crippen LogP contribution in [0.5, 0.6) is 0 Å². The number of nitrogens with zero attached hydrogens (tertiary/aromatic N) is 2. The fourth-order valence-electron chi connectivity index (χ4n) is 2.92. The van der Waals surface area contributed by atoms with E-state index in [4.69, 9.17) is 5.11 Å². The number of aryl methyl sites for hydroxylation is 1. The molecule has 0 saturated carbocycles. The van der Waals surface area contributed by atoms with E-state index in [2.05, 4.69) is 11.9 Å². The van der Waals surface area contributed by atoms with Gasteiger partial charge in [-0.15, -0.1) is 0 Å². The first-order valence-corrected chi connectivity index (χ1v) is 8.24. The van der Waals surface area contributed by atoms with Gasteiger partial charge in [0.2, 0.25) is 0 Å². The van der Waals surface area contributed by atoms with Crippen LogP contribution in [0.3, 0.4) is 0 Å². The SMILES string of the molecule is Cc1nc(=O)n(CC2(C)CCCS2)c(C)c1CCC(=O)O. The van der Waals surface area contributed by atoms with E-state index < -0.39 is 5.97 Å². The van der Waals surface area contributed by atoms with Gasteiger partial charge in [0.1, 0.15) is 0 Å². The van der Waals surface area contributed by atoms with Crippen molar-refractivity contribution in [2.24, 2.45) is 0 Å². The summed E-state index contributed by atoms with van der Waals surface area (Å²) in [5.41, 5.74) is 2.18. The third kappa shape index (κ3) is 3.67. The second-order valence-electron chi connectivity index (χ2n) is 5.93. The lowest BCUT2D eigenvalue weighted by molar-refractivity contribution is -0.136. The van der Waals surface area contributed by atoms with Crippen molar-refractivity contribution in [3.05, 3.63) is 27.4 Å². The first kappa shape index (κ1) is 16.1. The third-order valence-corrected chi connectivity index (χ3v) is 5.68. The van der Waals surface area contributed by atoms with Crippen molar-refractivity contribution in [3.8, 4) is 0 Å². The highest BCUT2D eigenvalue weighted by molar-refractivity contribution is 8.00. The van der Waals surface area contributed by atoms with Crippen molar-refractivity contribution >= 4 is 17.7 Å². The minimum atomic E-state index is -0.829. The van der Waals surface area contributed by atoms with Crippen LogP contribution < -0.4 is 5.69 Å². The number of carboxylic acid groups (broad SMARTS) is 1. The van der Waals surface area contributed by atoms with E-state index in [1.807, 2.05) is 18.7 Å². The minimum absolute atomic E-state index is 0.0631. The van der Waals surface area contributed by atoms with Crippen molar-refractivity contribution in [1.29, 1.82) is 0 Å². The molecule has 0 aliphatic carbocycles. The van der Waals surface area contributed by atoms with Crippen LogP contribution in [0.4, 0.5) is 0 Å². The van der Waals surface area contributed by atoms with Crippen molar-refractivity contribution in [1.82, 2.24) is 9.55 Å². The molecule has 2 heterocycles. The molecule has 1 N–H and O–H groups in total. The first-order valence-electron chi connectivity index (χ1n) is 7.25. The lowest BCUT2D eigenvalue weighted by Gasteiger charge is -2.25. The number of aromatic nitrogens is 2. The summed E-state index contributed by atoms with van der Waals surface area (Å²) >= 11 is 1.90. The molecule has 6 heteroatoms. The van der Waals surface area contributed by atoms with Crippen molar-refractivity contribution in [3.63, 3.8) is 0 Å². The van der Waals surface area contributed by atoms with E-state index in [1.54, 1.807) is 11.5 Å². The predicted molar refractivity (Wildman–Crippen MR) is 84.0 cm³/mol. The zero-order valence-electron chi connectivity index (χ0n) is 12.8. The number of carbonyl (C=O) groups is 1. The smallest absolute Gasteiger partial charge is 0.348 e. The maximum Gasteiger partial charge on any atom is 0.348 e. The molecule has 1 unspecified atom stereocenters. The molecule has 1 atom stereocenters. The zero-order chi connectivity index (χ0) is 15.6. The Hall–Kier alpha value is -1.30. The van der Waals surface area contributed by atoms with Gasteiger partial charge in [0.05, 0.1) is 0 Å². The molecule has 5 nitrogen and oxygen atoms in total. The number of rotatable bonds is 5. The fraction of sp³-hybridized carbons (Fsp3) is 0.667. The molecule has 1 aliphatic heterocycles. The summed E-state index contributed by atoms with van der Waals surface area (Å²) in [4.78, 5) is 27.1. The highest BCUT2D eigenvalue weighted by Crippen LogP contribution is 2.39. The Balaban J connectivity index is 2.34. The van der Waals surface area contributed by atoms with Gasteiger partial charge in [-0.05, 0) is 51.3 Å². The van der Waals surface area contributed by atoms with Crippen LogP contribution in [0, 0.1) is 13.8 Å². The van der Waals surface area contributed by atoms with E-state index in [1.165, 1.54) is 6.42 Å². The third-order valence-electron chi connectivity index (χ3n) is 4.15. The monoisotopic (exact) mass is 310 g/mol. The van der Waals surface area contributed by atoms with Crippen LogP contribution in [0.15, 0.2) is 4.79 Å². The molecular weight excluding hydrogens is 288 g/mol. The van der Waals surface area contributed by atoms with Gasteiger partial charge in [0, 0.05) is 29.1 Å². The standard InChI is InChI=1S/C15H22N2O3S/c1-10-12(5-6-13(18)19)11(2)17(14(20)16-10)9-15(3)7-4-8-21-15/h4-9H2,1-3H3,(H,18,19). The fourth-order valence-corrected chi connectivity index (χ4v) is 4.21. The molecule has 2 rings (SSSR count). The Kier molecular flexibility index (Phi) is 4.76. The number of carboxylic acids is 1. The normalized spacial score (nSPS) is 21.7. The molecule has 0 aromatic carbocycles. The summed E-state index contributed by atoms with van der Waals surface area (Å²) in [5.74, 6) is 0.306. The largest absolute Gasteiger partial charge is 0.481 e. The molecule has 0 spiro atoms. The van der Waals surface area contributed by atoms with E-state index >= 15 is 0 Å². The molecule has 0 bridgehead atoms. The maximum absolute atomic E-state index is 12.2. The van der Waals surface area contributed by atoms with Gasteiger partial charge in [-0.3, -0.25) is 9.36 Å². The van der Waals surface area contributed by atoms with Gasteiger partial charge < -0.3 is 5.11 Å². The van der Waals surface area contributed by atoms with Crippen molar-refractivity contribution in [2.75, 3.05) is 5.75 Å². The molecule has 1 fully saturated rings. The Bertz CT molecular complexity index is 604. The second kappa shape index (κ2) is 6.22. The van der Waals surface area contributed by atoms with Crippen LogP contribution in [-0.2, 0) is 17.8 Å². The molecule has 21 heavy (non-hydrogen) atoms. The average Bonchev–Trinajstić information content (AvgIpc) is 2.81. The van der Waals surface area contributed by atoms with Crippen molar-refractivity contribution in [2.45, 2.75) is 57.7 Å². The van der Waals surface area contributed by atoms with Gasteiger partial charge in [0.15, 0.2) is 0 Å². The van der Waals surface area contributed by atoms with E-state index in [-0.39, 0.29) is 16.9 Å². The Morgan fingerprint density at radius 3 is 2.76 bits per heavy atom. The van der Waals surface area contributed by atoms with Crippen LogP contribution in [-0.4, -0.2) is 31.1 Å². The lowest BCUT2D eigenvalue weighted by atomic mass is 10.0. The molecule has 1 saturated heterocycles. The lowest BCUT2D eigenvalue weighted by Crippen LogP contribution is -2.35. The molecular formula is C15H22N2O3S. The molecule has 116 valence electrons. The van der Waals surface area contributed by atoms with Crippen LogP contribution in [0.1, 0.15) is 43.1 Å². The molecule has 1 aromatic heterocycles. The second-order valence-corrected chi connectivity index (χ2v) is 7.61. The Morgan fingerprint density at radius 2 is 2.19 bits per heavy atom. The number of thioether (sulfide) groups is 1. The highest BCUT2D eigenvalue weighted by atomic mass is 32.2. The summed E-state index contributed by atoms with van der Waals surface area (Å²) in [5, 5.41) is 8.86. The number of hydrogen-bond donors (Lipinski definition) is 1. The van der Waals surface area contributed by atoms with Gasteiger partial charge in [-0.1, -0.05) is 0 Å². The van der Waals surface area contributed by atoms with Gasteiger partial charge in [0.25, 0.3) is 0 Å². The summed E-state index contributed by atoms with van der Waals surface area (Å²) < 4.78 is 1.80. The highest BCUT2D eigenvalue weighted by Gasteiger charge is 2.31. The van der Waals surface area contributed by atoms with E-state index in [0.29, 0.717) is 18.7 Å². The Labute approximate surface area is 128 Å². The van der Waals surface area contributed by atoms with Gasteiger partial charge >= 0.3 is 11.7 Å². The van der Waals surface area contributed by atoms with Crippen LogP contribution in [0.2, 0.25) is 0 Å². The predicted octanol–water partition coefficient (Wildman–Crippen LogP) is 2.16. The van der Waals surface area contributed by atoms with Gasteiger partial charge in [-0.2, -0.15) is 16.7 Å². The van der Waals surface area contributed by atoms with Crippen molar-refractivity contribution < 1.29 is 9.90 Å². The Morgan fingerprint density at radius 1 is 1.48 bits per heavy atom. The molecule has 1 aromatic rings. The summed E-state index contributed by atoms with van der Waals surface area (Å²) in [6.45, 7) is 6.52. The maximum atomic E-state index is 12.2. The molecule has 0 amide bonds. The number of hydrogen-bond acceptors (Lipinski definition) is 4. The summed E-state index contributed by atoms with van der Waals surface area (Å²) in [7, 11) is 0. The number of aliphatic carboxylic acids is 1. The van der Waals surface area contributed by atoms with Crippen LogP contribution in [0.25, 0.3) is 0 Å². The molecule has 0 radical (unpaired) electrons. The van der Waals surface area contributed by atoms with Gasteiger partial charge in [-0.25, -0.2) is 4.79 Å².